The number of unbranched alkanes of at least 4 members (excludes halogenated alkanes) is 2. The monoisotopic (exact) mass is 248 g/mol. The summed E-state index contributed by atoms with van der Waals surface area (Å²) in [7, 11) is 0. The maximum atomic E-state index is 10.4. The molecule has 0 saturated heterocycles. The topological polar surface area (TPSA) is 54.3 Å². The molecule has 1 aromatic carbocycles. The second-order valence-electron chi connectivity index (χ2n) is 4.44. The molecule has 4 heteroatoms. The predicted molar refractivity (Wildman–Crippen MR) is 67.2 cm³/mol. The van der Waals surface area contributed by atoms with E-state index in [0.717, 1.165) is 42.8 Å². The number of carboxylic acids is 1. The average molecular weight is 248 g/mol. The van der Waals surface area contributed by atoms with Crippen molar-refractivity contribution in [3.05, 3.63) is 30.2 Å². The van der Waals surface area contributed by atoms with Gasteiger partial charge in [0.1, 0.15) is 0 Å². The maximum Gasteiger partial charge on any atom is 0.344 e. The van der Waals surface area contributed by atoms with Crippen LogP contribution in [0.5, 0.6) is 0 Å². The summed E-state index contributed by atoms with van der Waals surface area (Å²) >= 11 is 0. The summed E-state index contributed by atoms with van der Waals surface area (Å²) in [6, 6.07) is 7.97. The molecule has 0 bridgehead atoms. The highest BCUT2D eigenvalue weighted by Gasteiger charge is 2.17. The molecule has 2 aromatic rings. The van der Waals surface area contributed by atoms with Gasteiger partial charge in [0.15, 0.2) is 6.54 Å². The molecule has 18 heavy (non-hydrogen) atoms. The Morgan fingerprint density at radius 1 is 1.28 bits per heavy atom. The SMILES string of the molecule is Cc1oc2ccccc2[n+]1CCCCCC(=O)O. The van der Waals surface area contributed by atoms with Crippen LogP contribution in [0, 0.1) is 6.92 Å². The molecule has 0 radical (unpaired) electrons. The van der Waals surface area contributed by atoms with Crippen LogP contribution in [0.3, 0.4) is 0 Å². The van der Waals surface area contributed by atoms with E-state index in [1.807, 2.05) is 31.2 Å². The highest BCUT2D eigenvalue weighted by Crippen LogP contribution is 2.13. The van der Waals surface area contributed by atoms with Crippen LogP contribution in [0.2, 0.25) is 0 Å². The van der Waals surface area contributed by atoms with Crippen molar-refractivity contribution < 1.29 is 18.9 Å². The minimum Gasteiger partial charge on any atom is -0.481 e. The van der Waals surface area contributed by atoms with Crippen LogP contribution in [0.15, 0.2) is 28.7 Å². The smallest absolute Gasteiger partial charge is 0.344 e. The predicted octanol–water partition coefficient (Wildman–Crippen LogP) is 2.67. The van der Waals surface area contributed by atoms with E-state index < -0.39 is 5.97 Å². The van der Waals surface area contributed by atoms with Gasteiger partial charge in [0.05, 0.1) is 6.92 Å². The minimum absolute atomic E-state index is 0.260. The van der Waals surface area contributed by atoms with Gasteiger partial charge in [-0.3, -0.25) is 4.79 Å². The molecule has 1 N–H and O–H groups in total. The first-order valence-electron chi connectivity index (χ1n) is 6.28. The summed E-state index contributed by atoms with van der Waals surface area (Å²) in [5.41, 5.74) is 2.01. The van der Waals surface area contributed by atoms with E-state index in [2.05, 4.69) is 4.57 Å². The van der Waals surface area contributed by atoms with Crippen LogP contribution in [0.25, 0.3) is 11.1 Å². The highest BCUT2D eigenvalue weighted by molar-refractivity contribution is 5.68. The highest BCUT2D eigenvalue weighted by atomic mass is 16.4. The fraction of sp³-hybridized carbons (Fsp3) is 0.429. The third kappa shape index (κ3) is 2.88. The van der Waals surface area contributed by atoms with Crippen LogP contribution < -0.4 is 4.57 Å². The Morgan fingerprint density at radius 2 is 2.06 bits per heavy atom. The number of carbonyl (C=O) groups is 1. The van der Waals surface area contributed by atoms with Gasteiger partial charge in [-0.2, -0.15) is 4.57 Å². The lowest BCUT2D eigenvalue weighted by Gasteiger charge is -1.96. The zero-order valence-electron chi connectivity index (χ0n) is 10.6. The molecule has 0 aliphatic heterocycles. The van der Waals surface area contributed by atoms with Gasteiger partial charge in [0, 0.05) is 18.9 Å². The second-order valence-corrected chi connectivity index (χ2v) is 4.44. The molecule has 2 rings (SSSR count). The number of fused-ring (bicyclic) bond motifs is 1. The normalized spacial score (nSPS) is 10.9. The maximum absolute atomic E-state index is 10.4. The number of oxazole rings is 1. The first kappa shape index (κ1) is 12.6. The van der Waals surface area contributed by atoms with Crippen molar-refractivity contribution in [2.24, 2.45) is 0 Å². The second kappa shape index (κ2) is 5.67. The van der Waals surface area contributed by atoms with E-state index in [9.17, 15) is 4.79 Å². The number of benzene rings is 1. The molecule has 0 amide bonds. The average Bonchev–Trinajstić information content (AvgIpc) is 2.65. The van der Waals surface area contributed by atoms with E-state index in [-0.39, 0.29) is 6.42 Å². The van der Waals surface area contributed by atoms with Gasteiger partial charge in [0.25, 0.3) is 5.52 Å². The first-order chi connectivity index (χ1) is 8.68. The van der Waals surface area contributed by atoms with Gasteiger partial charge >= 0.3 is 11.9 Å². The molecule has 0 aliphatic carbocycles. The number of rotatable bonds is 6. The lowest BCUT2D eigenvalue weighted by molar-refractivity contribution is -0.683. The first-order valence-corrected chi connectivity index (χ1v) is 6.28. The summed E-state index contributed by atoms with van der Waals surface area (Å²) in [4.78, 5) is 10.4. The Hall–Kier alpha value is -1.84. The molecule has 0 unspecified atom stereocenters. The Bertz CT molecular complexity index is 545. The molecule has 0 atom stereocenters. The number of aliphatic carboxylic acids is 1. The number of nitrogens with zero attached hydrogens (tertiary/aromatic N) is 1. The van der Waals surface area contributed by atoms with Crippen molar-refractivity contribution in [3.63, 3.8) is 0 Å². The molecular weight excluding hydrogens is 230 g/mol. The van der Waals surface area contributed by atoms with Crippen molar-refractivity contribution in [1.29, 1.82) is 0 Å². The van der Waals surface area contributed by atoms with Gasteiger partial charge in [0.2, 0.25) is 5.58 Å². The van der Waals surface area contributed by atoms with Gasteiger partial charge in [-0.15, -0.1) is 0 Å². The van der Waals surface area contributed by atoms with Crippen LogP contribution in [0.4, 0.5) is 0 Å². The molecule has 4 nitrogen and oxygen atoms in total. The van der Waals surface area contributed by atoms with Crippen molar-refractivity contribution >= 4 is 17.1 Å². The number of para-hydroxylation sites is 2. The van der Waals surface area contributed by atoms with E-state index in [1.165, 1.54) is 0 Å². The Labute approximate surface area is 106 Å². The fourth-order valence-corrected chi connectivity index (χ4v) is 2.15. The molecule has 1 heterocycles. The van der Waals surface area contributed by atoms with E-state index in [0.29, 0.717) is 0 Å². The molecular formula is C14H18NO3+. The third-order valence-electron chi connectivity index (χ3n) is 3.07. The van der Waals surface area contributed by atoms with Crippen molar-refractivity contribution in [1.82, 2.24) is 0 Å². The van der Waals surface area contributed by atoms with Gasteiger partial charge in [-0.25, -0.2) is 0 Å². The van der Waals surface area contributed by atoms with Crippen molar-refractivity contribution in [2.75, 3.05) is 0 Å². The molecule has 96 valence electrons. The van der Waals surface area contributed by atoms with Crippen LogP contribution in [-0.2, 0) is 11.3 Å². The summed E-state index contributed by atoms with van der Waals surface area (Å²) in [5.74, 6) is 0.182. The van der Waals surface area contributed by atoms with E-state index >= 15 is 0 Å². The molecule has 1 aromatic heterocycles. The summed E-state index contributed by atoms with van der Waals surface area (Å²) in [5, 5.41) is 8.56. The largest absolute Gasteiger partial charge is 0.481 e. The van der Waals surface area contributed by atoms with Crippen molar-refractivity contribution in [3.8, 4) is 0 Å². The minimum atomic E-state index is -0.715. The lowest BCUT2D eigenvalue weighted by Crippen LogP contribution is -2.35. The summed E-state index contributed by atoms with van der Waals surface area (Å²) < 4.78 is 7.81. The fourth-order valence-electron chi connectivity index (χ4n) is 2.15. The van der Waals surface area contributed by atoms with Crippen LogP contribution >= 0.6 is 0 Å². The number of aryl methyl sites for hydroxylation is 2. The van der Waals surface area contributed by atoms with Crippen LogP contribution in [-0.4, -0.2) is 11.1 Å². The quantitative estimate of drug-likeness (QED) is 0.631. The van der Waals surface area contributed by atoms with Gasteiger partial charge < -0.3 is 9.52 Å². The van der Waals surface area contributed by atoms with Crippen LogP contribution in [0.1, 0.15) is 31.6 Å². The summed E-state index contributed by atoms with van der Waals surface area (Å²) in [6.45, 7) is 2.83. The number of carboxylic acid groups (broad SMARTS) is 1. The van der Waals surface area contributed by atoms with Crippen molar-refractivity contribution in [2.45, 2.75) is 39.2 Å². The van der Waals surface area contributed by atoms with Gasteiger partial charge in [-0.05, 0) is 18.9 Å². The third-order valence-corrected chi connectivity index (χ3v) is 3.07. The standard InChI is InChI=1S/C14H17NO3/c1-11-15(10-6-2-3-9-14(16)17)12-7-4-5-8-13(12)18-11/h4-5,7-8H,2-3,6,9-10H2,1H3/p+1. The number of aromatic nitrogens is 1. The lowest BCUT2D eigenvalue weighted by atomic mass is 10.2. The Kier molecular flexibility index (Phi) is 3.97. The zero-order chi connectivity index (χ0) is 13.0. The number of hydrogen-bond donors (Lipinski definition) is 1. The Balaban J connectivity index is 1.95. The zero-order valence-corrected chi connectivity index (χ0v) is 10.6. The molecule has 0 saturated carbocycles. The van der Waals surface area contributed by atoms with E-state index in [4.69, 9.17) is 9.52 Å². The number of hydrogen-bond acceptors (Lipinski definition) is 2. The molecule has 0 aliphatic rings. The van der Waals surface area contributed by atoms with E-state index in [1.54, 1.807) is 0 Å². The molecule has 0 spiro atoms. The van der Waals surface area contributed by atoms with Gasteiger partial charge in [-0.1, -0.05) is 12.1 Å². The Morgan fingerprint density at radius 3 is 2.83 bits per heavy atom. The molecule has 0 fully saturated rings. The summed E-state index contributed by atoms with van der Waals surface area (Å²) in [6.07, 6.45) is 2.90.